The predicted molar refractivity (Wildman–Crippen MR) is 70.2 cm³/mol. The van der Waals surface area contributed by atoms with Gasteiger partial charge in [-0.15, -0.1) is 0 Å². The van der Waals surface area contributed by atoms with Crippen molar-refractivity contribution in [3.63, 3.8) is 0 Å². The van der Waals surface area contributed by atoms with Crippen LogP contribution in [0.4, 0.5) is 0 Å². The Morgan fingerprint density at radius 2 is 2.18 bits per heavy atom. The molecule has 0 N–H and O–H groups in total. The maximum absolute atomic E-state index is 12.2. The van der Waals surface area contributed by atoms with Crippen molar-refractivity contribution in [2.24, 2.45) is 13.0 Å². The normalized spacial score (nSPS) is 19.4. The molecule has 4 nitrogen and oxygen atoms in total. The second kappa shape index (κ2) is 5.21. The van der Waals surface area contributed by atoms with Gasteiger partial charge in [0.1, 0.15) is 5.69 Å². The lowest BCUT2D eigenvalue weighted by Crippen LogP contribution is -2.40. The van der Waals surface area contributed by atoms with E-state index in [0.29, 0.717) is 16.4 Å². The molecule has 1 aromatic rings. The number of hydrogen-bond donors (Lipinski definition) is 0. The smallest absolute Gasteiger partial charge is 0.272 e. The Balaban J connectivity index is 1.98. The summed E-state index contributed by atoms with van der Waals surface area (Å²) >= 11 is 3.63. The number of piperidine rings is 1. The van der Waals surface area contributed by atoms with Crippen molar-refractivity contribution in [1.29, 1.82) is 0 Å². The van der Waals surface area contributed by atoms with Crippen LogP contribution in [0, 0.1) is 5.92 Å². The SMILES string of the molecule is CC(Br)C1CCN(C(=O)c2ccnn2C)CC1. The third-order valence-electron chi connectivity index (χ3n) is 3.52. The summed E-state index contributed by atoms with van der Waals surface area (Å²) in [7, 11) is 1.81. The average molecular weight is 300 g/mol. The summed E-state index contributed by atoms with van der Waals surface area (Å²) in [6.45, 7) is 3.89. The van der Waals surface area contributed by atoms with Crippen LogP contribution in [0.5, 0.6) is 0 Å². The summed E-state index contributed by atoms with van der Waals surface area (Å²) in [5, 5.41) is 4.04. The first-order chi connectivity index (χ1) is 8.09. The summed E-state index contributed by atoms with van der Waals surface area (Å²) < 4.78 is 1.64. The van der Waals surface area contributed by atoms with E-state index in [4.69, 9.17) is 0 Å². The van der Waals surface area contributed by atoms with Crippen molar-refractivity contribution in [3.8, 4) is 0 Å². The number of alkyl halides is 1. The highest BCUT2D eigenvalue weighted by Gasteiger charge is 2.26. The molecular formula is C12H18BrN3O. The van der Waals surface area contributed by atoms with Crippen molar-refractivity contribution in [3.05, 3.63) is 18.0 Å². The van der Waals surface area contributed by atoms with Crippen LogP contribution >= 0.6 is 15.9 Å². The van der Waals surface area contributed by atoms with Gasteiger partial charge in [0.05, 0.1) is 0 Å². The van der Waals surface area contributed by atoms with Gasteiger partial charge in [0.15, 0.2) is 0 Å². The minimum Gasteiger partial charge on any atom is -0.337 e. The molecule has 0 radical (unpaired) electrons. The predicted octanol–water partition coefficient (Wildman–Crippen LogP) is 2.06. The summed E-state index contributed by atoms with van der Waals surface area (Å²) in [6, 6.07) is 1.78. The van der Waals surface area contributed by atoms with Gasteiger partial charge in [-0.2, -0.15) is 5.10 Å². The Kier molecular flexibility index (Phi) is 3.86. The van der Waals surface area contributed by atoms with E-state index in [1.165, 1.54) is 0 Å². The standard InChI is InChI=1S/C12H18BrN3O/c1-9(13)10-4-7-16(8-5-10)12(17)11-3-6-14-15(11)2/h3,6,9-10H,4-5,7-8H2,1-2H3. The number of hydrogen-bond acceptors (Lipinski definition) is 2. The van der Waals surface area contributed by atoms with E-state index in [1.807, 2.05) is 4.90 Å². The van der Waals surface area contributed by atoms with Crippen LogP contribution in [-0.4, -0.2) is 38.5 Å². The molecule has 0 saturated carbocycles. The molecule has 1 atom stereocenters. The Labute approximate surface area is 110 Å². The topological polar surface area (TPSA) is 38.1 Å². The van der Waals surface area contributed by atoms with Crippen LogP contribution < -0.4 is 0 Å². The van der Waals surface area contributed by atoms with Crippen molar-refractivity contribution >= 4 is 21.8 Å². The maximum atomic E-state index is 12.2. The van der Waals surface area contributed by atoms with Crippen molar-refractivity contribution in [1.82, 2.24) is 14.7 Å². The van der Waals surface area contributed by atoms with Gasteiger partial charge in [-0.3, -0.25) is 9.48 Å². The Bertz CT molecular complexity index is 394. The fourth-order valence-corrected chi connectivity index (χ4v) is 2.84. The molecule has 94 valence electrons. The van der Waals surface area contributed by atoms with Gasteiger partial charge in [0.2, 0.25) is 0 Å². The Morgan fingerprint density at radius 1 is 1.53 bits per heavy atom. The fraction of sp³-hybridized carbons (Fsp3) is 0.667. The minimum atomic E-state index is 0.102. The van der Waals surface area contributed by atoms with Crippen molar-refractivity contribution < 1.29 is 4.79 Å². The molecule has 1 fully saturated rings. The molecule has 0 aromatic carbocycles. The molecule has 17 heavy (non-hydrogen) atoms. The van der Waals surface area contributed by atoms with Crippen LogP contribution in [-0.2, 0) is 7.05 Å². The Hall–Kier alpha value is -0.840. The van der Waals surface area contributed by atoms with Crippen LogP contribution in [0.15, 0.2) is 12.3 Å². The average Bonchev–Trinajstić information content (AvgIpc) is 2.74. The molecule has 1 aliphatic rings. The quantitative estimate of drug-likeness (QED) is 0.784. The highest BCUT2D eigenvalue weighted by Crippen LogP contribution is 2.25. The van der Waals surface area contributed by atoms with E-state index in [9.17, 15) is 4.79 Å². The van der Waals surface area contributed by atoms with Gasteiger partial charge in [0, 0.05) is 31.2 Å². The highest BCUT2D eigenvalue weighted by molar-refractivity contribution is 9.09. The van der Waals surface area contributed by atoms with Gasteiger partial charge in [0.25, 0.3) is 5.91 Å². The van der Waals surface area contributed by atoms with Crippen LogP contribution in [0.25, 0.3) is 0 Å². The number of rotatable bonds is 2. The summed E-state index contributed by atoms with van der Waals surface area (Å²) in [6.07, 6.45) is 3.83. The molecule has 1 saturated heterocycles. The second-order valence-corrected chi connectivity index (χ2v) is 6.09. The highest BCUT2D eigenvalue weighted by atomic mass is 79.9. The first-order valence-electron chi connectivity index (χ1n) is 6.01. The van der Waals surface area contributed by atoms with E-state index in [2.05, 4.69) is 28.0 Å². The minimum absolute atomic E-state index is 0.102. The number of nitrogens with zero attached hydrogens (tertiary/aromatic N) is 3. The number of amides is 1. The zero-order valence-electron chi connectivity index (χ0n) is 10.3. The molecule has 1 aliphatic heterocycles. The first-order valence-corrected chi connectivity index (χ1v) is 6.92. The number of halogens is 1. The molecule has 0 bridgehead atoms. The van der Waals surface area contributed by atoms with Crippen molar-refractivity contribution in [2.45, 2.75) is 24.6 Å². The van der Waals surface area contributed by atoms with Gasteiger partial charge in [-0.05, 0) is 24.8 Å². The lowest BCUT2D eigenvalue weighted by molar-refractivity contribution is 0.0680. The number of carbonyl (C=O) groups excluding carboxylic acids is 1. The van der Waals surface area contributed by atoms with Crippen LogP contribution in [0.1, 0.15) is 30.3 Å². The Morgan fingerprint density at radius 3 is 2.65 bits per heavy atom. The third-order valence-corrected chi connectivity index (χ3v) is 4.26. The van der Waals surface area contributed by atoms with Gasteiger partial charge in [-0.25, -0.2) is 0 Å². The molecule has 1 aromatic heterocycles. The molecule has 1 amide bonds. The first kappa shape index (κ1) is 12.6. The third kappa shape index (κ3) is 2.70. The molecule has 1 unspecified atom stereocenters. The maximum Gasteiger partial charge on any atom is 0.272 e. The van der Waals surface area contributed by atoms with E-state index in [1.54, 1.807) is 24.0 Å². The molecular weight excluding hydrogens is 282 g/mol. The summed E-state index contributed by atoms with van der Waals surface area (Å²) in [5.74, 6) is 0.788. The summed E-state index contributed by atoms with van der Waals surface area (Å²) in [4.78, 5) is 14.7. The molecule has 2 rings (SSSR count). The van der Waals surface area contributed by atoms with E-state index in [-0.39, 0.29) is 5.91 Å². The fourth-order valence-electron chi connectivity index (χ4n) is 2.31. The molecule has 2 heterocycles. The van der Waals surface area contributed by atoms with Gasteiger partial charge in [-0.1, -0.05) is 22.9 Å². The van der Waals surface area contributed by atoms with Gasteiger partial charge >= 0.3 is 0 Å². The number of carbonyl (C=O) groups is 1. The van der Waals surface area contributed by atoms with Crippen molar-refractivity contribution in [2.75, 3.05) is 13.1 Å². The monoisotopic (exact) mass is 299 g/mol. The molecule has 5 heteroatoms. The van der Waals surface area contributed by atoms with E-state index in [0.717, 1.165) is 25.9 Å². The van der Waals surface area contributed by atoms with E-state index >= 15 is 0 Å². The molecule has 0 spiro atoms. The van der Waals surface area contributed by atoms with Gasteiger partial charge < -0.3 is 4.90 Å². The number of likely N-dealkylation sites (tertiary alicyclic amines) is 1. The lowest BCUT2D eigenvalue weighted by atomic mass is 9.94. The second-order valence-electron chi connectivity index (χ2n) is 4.65. The zero-order valence-corrected chi connectivity index (χ0v) is 11.9. The van der Waals surface area contributed by atoms with Crippen LogP contribution in [0.3, 0.4) is 0 Å². The van der Waals surface area contributed by atoms with E-state index < -0.39 is 0 Å². The summed E-state index contributed by atoms with van der Waals surface area (Å²) in [5.41, 5.74) is 0.676. The number of aryl methyl sites for hydroxylation is 1. The zero-order chi connectivity index (χ0) is 12.4. The number of aromatic nitrogens is 2. The lowest BCUT2D eigenvalue weighted by Gasteiger charge is -2.33. The molecule has 0 aliphatic carbocycles. The largest absolute Gasteiger partial charge is 0.337 e. The van der Waals surface area contributed by atoms with Crippen LogP contribution in [0.2, 0.25) is 0 Å².